The number of likely N-dealkylation sites (tertiary alicyclic amines) is 1. The molecular weight excluding hydrogens is 258 g/mol. The zero-order valence-electron chi connectivity index (χ0n) is 11.5. The molecule has 0 aromatic rings. The van der Waals surface area contributed by atoms with Gasteiger partial charge in [-0.15, -0.1) is 0 Å². The van der Waals surface area contributed by atoms with Crippen molar-refractivity contribution in [2.45, 2.75) is 39.4 Å². The van der Waals surface area contributed by atoms with E-state index in [1.54, 1.807) is 27.7 Å². The predicted molar refractivity (Wildman–Crippen MR) is 66.7 cm³/mol. The Balaban J connectivity index is 2.38. The summed E-state index contributed by atoms with van der Waals surface area (Å²) >= 11 is 0. The molecule has 1 aliphatic heterocycles. The van der Waals surface area contributed by atoms with Crippen molar-refractivity contribution < 1.29 is 22.1 Å². The van der Waals surface area contributed by atoms with E-state index in [4.69, 9.17) is 8.92 Å². The Morgan fingerprint density at radius 2 is 1.83 bits per heavy atom. The molecule has 1 rings (SSSR count). The van der Waals surface area contributed by atoms with Gasteiger partial charge in [0.15, 0.2) is 0 Å². The maximum Gasteiger partial charge on any atom is 0.410 e. The van der Waals surface area contributed by atoms with Crippen LogP contribution in [0.2, 0.25) is 0 Å². The number of carbonyl (C=O) groups is 1. The average Bonchev–Trinajstić information content (AvgIpc) is 1.91. The van der Waals surface area contributed by atoms with Crippen molar-refractivity contribution in [3.05, 3.63) is 0 Å². The van der Waals surface area contributed by atoms with Gasteiger partial charge in [0.1, 0.15) is 5.60 Å². The zero-order chi connectivity index (χ0) is 14.1. The van der Waals surface area contributed by atoms with Gasteiger partial charge in [0.05, 0.1) is 12.4 Å². The second kappa shape index (κ2) is 5.05. The molecule has 0 spiro atoms. The molecule has 6 nitrogen and oxygen atoms in total. The fourth-order valence-corrected chi connectivity index (χ4v) is 2.35. The van der Waals surface area contributed by atoms with Gasteiger partial charge >= 0.3 is 6.09 Å². The zero-order valence-corrected chi connectivity index (χ0v) is 12.3. The fraction of sp³-hybridized carbons (Fsp3) is 0.909. The van der Waals surface area contributed by atoms with E-state index >= 15 is 0 Å². The molecule has 1 saturated heterocycles. The molecule has 0 aromatic heterocycles. The molecule has 0 radical (unpaired) electrons. The third-order valence-corrected chi connectivity index (χ3v) is 3.21. The smallest absolute Gasteiger partial charge is 0.410 e. The molecule has 7 heteroatoms. The lowest BCUT2D eigenvalue weighted by molar-refractivity contribution is -0.0199. The van der Waals surface area contributed by atoms with Crippen LogP contribution in [0.25, 0.3) is 0 Å². The third kappa shape index (κ3) is 4.81. The first-order chi connectivity index (χ1) is 7.98. The van der Waals surface area contributed by atoms with Crippen molar-refractivity contribution in [3.8, 4) is 0 Å². The first kappa shape index (κ1) is 15.2. The van der Waals surface area contributed by atoms with E-state index in [1.165, 1.54) is 4.90 Å². The van der Waals surface area contributed by atoms with Gasteiger partial charge in [-0.3, -0.25) is 4.18 Å². The van der Waals surface area contributed by atoms with Gasteiger partial charge in [-0.2, -0.15) is 8.42 Å². The summed E-state index contributed by atoms with van der Waals surface area (Å²) in [5.74, 6) is 0.0345. The predicted octanol–water partition coefficient (Wildman–Crippen LogP) is 1.22. The molecule has 1 aliphatic rings. The molecule has 0 aliphatic carbocycles. The molecule has 0 N–H and O–H groups in total. The number of ether oxygens (including phenoxy) is 1. The molecular formula is C11H21NO5S. The average molecular weight is 279 g/mol. The number of carbonyl (C=O) groups excluding carboxylic acids is 1. The van der Waals surface area contributed by atoms with Crippen molar-refractivity contribution in [1.29, 1.82) is 0 Å². The van der Waals surface area contributed by atoms with Crippen LogP contribution < -0.4 is 0 Å². The minimum absolute atomic E-state index is 0.0345. The molecule has 106 valence electrons. The summed E-state index contributed by atoms with van der Waals surface area (Å²) in [6.45, 7) is 8.03. The molecule has 1 amide bonds. The summed E-state index contributed by atoms with van der Waals surface area (Å²) in [6.07, 6.45) is 0.234. The Hall–Kier alpha value is -0.820. The normalized spacial score (nSPS) is 19.3. The summed E-state index contributed by atoms with van der Waals surface area (Å²) in [5, 5.41) is 0. The van der Waals surface area contributed by atoms with E-state index in [0.29, 0.717) is 13.1 Å². The lowest BCUT2D eigenvalue weighted by Gasteiger charge is -2.41. The van der Waals surface area contributed by atoms with Gasteiger partial charge in [0, 0.05) is 19.0 Å². The summed E-state index contributed by atoms with van der Waals surface area (Å²) in [5.41, 5.74) is -0.517. The third-order valence-electron chi connectivity index (χ3n) is 2.55. The Kier molecular flexibility index (Phi) is 4.27. The maximum absolute atomic E-state index is 11.6. The quantitative estimate of drug-likeness (QED) is 0.726. The van der Waals surface area contributed by atoms with Gasteiger partial charge in [0.25, 0.3) is 10.1 Å². The van der Waals surface area contributed by atoms with E-state index in [2.05, 4.69) is 0 Å². The van der Waals surface area contributed by atoms with E-state index in [9.17, 15) is 13.2 Å². The summed E-state index contributed by atoms with van der Waals surface area (Å²) < 4.78 is 32.0. The Labute approximate surface area is 108 Å². The lowest BCUT2D eigenvalue weighted by Crippen LogP contribution is -2.55. The highest BCUT2D eigenvalue weighted by Gasteiger charge is 2.38. The van der Waals surface area contributed by atoms with E-state index in [1.807, 2.05) is 0 Å². The van der Waals surface area contributed by atoms with Crippen LogP contribution >= 0.6 is 0 Å². The molecule has 0 aromatic carbocycles. The fourth-order valence-electron chi connectivity index (χ4n) is 1.64. The SMILES string of the molecule is CC(OS(C)(=O)=O)C1CN(C(=O)OC(C)(C)C)C1. The van der Waals surface area contributed by atoms with Crippen LogP contribution in [0.15, 0.2) is 0 Å². The van der Waals surface area contributed by atoms with E-state index in [-0.39, 0.29) is 12.0 Å². The molecule has 1 fully saturated rings. The minimum atomic E-state index is -3.45. The summed E-state index contributed by atoms with van der Waals surface area (Å²) in [7, 11) is -3.45. The first-order valence-electron chi connectivity index (χ1n) is 5.84. The summed E-state index contributed by atoms with van der Waals surface area (Å²) in [4.78, 5) is 13.2. The topological polar surface area (TPSA) is 72.9 Å². The standard InChI is InChI=1S/C11H21NO5S/c1-8(17-18(5,14)15)9-6-12(7-9)10(13)16-11(2,3)4/h8-9H,6-7H2,1-5H3. The Morgan fingerprint density at radius 3 is 2.22 bits per heavy atom. The van der Waals surface area contributed by atoms with Crippen molar-refractivity contribution in [3.63, 3.8) is 0 Å². The van der Waals surface area contributed by atoms with Crippen LogP contribution in [0, 0.1) is 5.92 Å². The largest absolute Gasteiger partial charge is 0.444 e. The van der Waals surface area contributed by atoms with Gasteiger partial charge in [-0.25, -0.2) is 4.79 Å². The number of hydrogen-bond acceptors (Lipinski definition) is 5. The van der Waals surface area contributed by atoms with Crippen LogP contribution in [0.1, 0.15) is 27.7 Å². The minimum Gasteiger partial charge on any atom is -0.444 e. The molecule has 0 saturated carbocycles. The Bertz CT molecular complexity index is 406. The maximum atomic E-state index is 11.6. The number of amides is 1. The molecule has 1 heterocycles. The second-order valence-corrected chi connectivity index (χ2v) is 7.25. The number of rotatable bonds is 3. The van der Waals surface area contributed by atoms with Gasteiger partial charge in [-0.05, 0) is 27.7 Å². The first-order valence-corrected chi connectivity index (χ1v) is 7.66. The highest BCUT2D eigenvalue weighted by molar-refractivity contribution is 7.86. The van der Waals surface area contributed by atoms with Crippen molar-refractivity contribution in [1.82, 2.24) is 4.90 Å². The molecule has 18 heavy (non-hydrogen) atoms. The van der Waals surface area contributed by atoms with Crippen LogP contribution in [0.5, 0.6) is 0 Å². The van der Waals surface area contributed by atoms with Gasteiger partial charge in [0.2, 0.25) is 0 Å². The van der Waals surface area contributed by atoms with Crippen molar-refractivity contribution >= 4 is 16.2 Å². The Morgan fingerprint density at radius 1 is 1.33 bits per heavy atom. The van der Waals surface area contributed by atoms with Gasteiger partial charge < -0.3 is 9.64 Å². The lowest BCUT2D eigenvalue weighted by atomic mass is 9.95. The van der Waals surface area contributed by atoms with Crippen LogP contribution in [0.4, 0.5) is 4.79 Å². The molecule has 0 bridgehead atoms. The summed E-state index contributed by atoms with van der Waals surface area (Å²) in [6, 6.07) is 0. The molecule has 1 unspecified atom stereocenters. The number of hydrogen-bond donors (Lipinski definition) is 0. The number of nitrogens with zero attached hydrogens (tertiary/aromatic N) is 1. The van der Waals surface area contributed by atoms with Crippen LogP contribution in [0.3, 0.4) is 0 Å². The van der Waals surface area contributed by atoms with E-state index < -0.39 is 21.8 Å². The van der Waals surface area contributed by atoms with Gasteiger partial charge in [-0.1, -0.05) is 0 Å². The second-order valence-electron chi connectivity index (χ2n) is 5.65. The van der Waals surface area contributed by atoms with Crippen LogP contribution in [-0.2, 0) is 19.0 Å². The highest BCUT2D eigenvalue weighted by atomic mass is 32.2. The van der Waals surface area contributed by atoms with Crippen LogP contribution in [-0.4, -0.2) is 50.5 Å². The monoisotopic (exact) mass is 279 g/mol. The highest BCUT2D eigenvalue weighted by Crippen LogP contribution is 2.24. The van der Waals surface area contributed by atoms with E-state index in [0.717, 1.165) is 6.26 Å². The van der Waals surface area contributed by atoms with Crippen molar-refractivity contribution in [2.75, 3.05) is 19.3 Å². The molecule has 1 atom stereocenters. The van der Waals surface area contributed by atoms with Crippen molar-refractivity contribution in [2.24, 2.45) is 5.92 Å².